The summed E-state index contributed by atoms with van der Waals surface area (Å²) in [6.45, 7) is 2.52. The second-order valence-corrected chi connectivity index (χ2v) is 11.0. The van der Waals surface area contributed by atoms with Crippen LogP contribution in [0.15, 0.2) is 76.6 Å². The van der Waals surface area contributed by atoms with Crippen LogP contribution >= 0.6 is 0 Å². The first-order chi connectivity index (χ1) is 19.2. The van der Waals surface area contributed by atoms with Gasteiger partial charge in [-0.3, -0.25) is 9.52 Å². The lowest BCUT2D eigenvalue weighted by molar-refractivity contribution is 0.0713. The number of amides is 1. The molecule has 40 heavy (non-hydrogen) atoms. The molecule has 2 N–H and O–H groups in total. The quantitative estimate of drug-likeness (QED) is 0.323. The van der Waals surface area contributed by atoms with Gasteiger partial charge in [0.15, 0.2) is 10.8 Å². The molecule has 2 aromatic carbocycles. The van der Waals surface area contributed by atoms with Gasteiger partial charge in [-0.25, -0.2) is 9.37 Å². The Balaban J connectivity index is 1.45. The fourth-order valence-electron chi connectivity index (χ4n) is 4.73. The predicted octanol–water partition coefficient (Wildman–Crippen LogP) is 4.95. The largest absolute Gasteiger partial charge is 0.363 e. The van der Waals surface area contributed by atoms with E-state index in [9.17, 15) is 17.6 Å². The standard InChI is InChI=1S/C28H25FN6O4S/c1-18-26(32-23-8-2-19(16-30)3-9-23)24(17-31-27(18)40(37,38)34-25-12-15-39-33-25)28(36)35-13-10-21(11-14-35)20-4-6-22(29)7-5-20/h2-9,12,15,17,21H,10-11,13-14H2,1H3,(H,31,32)(H,33,34). The molecular weight excluding hydrogens is 535 g/mol. The van der Waals surface area contributed by atoms with Crippen molar-refractivity contribution in [3.05, 3.63) is 95.1 Å². The van der Waals surface area contributed by atoms with E-state index in [0.717, 1.165) is 5.56 Å². The van der Waals surface area contributed by atoms with Crippen LogP contribution in [-0.2, 0) is 10.0 Å². The second kappa shape index (κ2) is 11.2. The van der Waals surface area contributed by atoms with Gasteiger partial charge in [0.25, 0.3) is 15.9 Å². The zero-order chi connectivity index (χ0) is 28.3. The van der Waals surface area contributed by atoms with Gasteiger partial charge in [0.1, 0.15) is 12.1 Å². The predicted molar refractivity (Wildman–Crippen MR) is 145 cm³/mol. The number of sulfonamides is 1. The number of benzene rings is 2. The Morgan fingerprint density at radius 2 is 1.80 bits per heavy atom. The Hall–Kier alpha value is -4.76. The summed E-state index contributed by atoms with van der Waals surface area (Å²) < 4.78 is 46.7. The van der Waals surface area contributed by atoms with Crippen LogP contribution < -0.4 is 10.0 Å². The summed E-state index contributed by atoms with van der Waals surface area (Å²) in [5, 5.41) is 15.6. The number of aromatic nitrogens is 2. The molecule has 1 aliphatic rings. The average molecular weight is 561 g/mol. The number of piperidine rings is 1. The smallest absolute Gasteiger partial charge is 0.280 e. The third kappa shape index (κ3) is 5.64. The van der Waals surface area contributed by atoms with Crippen LogP contribution in [0.4, 0.5) is 21.6 Å². The van der Waals surface area contributed by atoms with Gasteiger partial charge in [-0.2, -0.15) is 13.7 Å². The number of likely N-dealkylation sites (tertiary alicyclic amines) is 1. The average Bonchev–Trinajstić information content (AvgIpc) is 3.47. The maximum absolute atomic E-state index is 13.7. The molecule has 0 atom stereocenters. The highest BCUT2D eigenvalue weighted by molar-refractivity contribution is 7.92. The molecule has 1 aliphatic heterocycles. The zero-order valence-corrected chi connectivity index (χ0v) is 22.3. The Labute approximate surface area is 230 Å². The molecule has 0 bridgehead atoms. The summed E-state index contributed by atoms with van der Waals surface area (Å²) in [6.07, 6.45) is 3.90. The summed E-state index contributed by atoms with van der Waals surface area (Å²) in [7, 11) is -4.17. The van der Waals surface area contributed by atoms with Gasteiger partial charge in [0.05, 0.1) is 22.9 Å². The number of hydrogen-bond acceptors (Lipinski definition) is 8. The molecule has 0 aliphatic carbocycles. The molecule has 5 rings (SSSR count). The van der Waals surface area contributed by atoms with Crippen molar-refractivity contribution in [1.82, 2.24) is 15.0 Å². The molecule has 0 spiro atoms. The van der Waals surface area contributed by atoms with E-state index in [2.05, 4.69) is 26.2 Å². The Kier molecular flexibility index (Phi) is 7.48. The van der Waals surface area contributed by atoms with Crippen molar-refractivity contribution < 1.29 is 22.1 Å². The molecule has 3 heterocycles. The first-order valence-electron chi connectivity index (χ1n) is 12.5. The number of rotatable bonds is 7. The van der Waals surface area contributed by atoms with Crippen molar-refractivity contribution in [2.75, 3.05) is 23.1 Å². The summed E-state index contributed by atoms with van der Waals surface area (Å²) in [5.74, 6) is -0.385. The molecule has 2 aromatic heterocycles. The molecule has 204 valence electrons. The Bertz CT molecular complexity index is 1660. The maximum Gasteiger partial charge on any atom is 0.280 e. The molecular formula is C28H25FN6O4S. The van der Waals surface area contributed by atoms with Gasteiger partial charge >= 0.3 is 0 Å². The van der Waals surface area contributed by atoms with Crippen LogP contribution in [0, 0.1) is 24.1 Å². The Morgan fingerprint density at radius 1 is 1.10 bits per heavy atom. The molecule has 4 aromatic rings. The van der Waals surface area contributed by atoms with E-state index in [4.69, 9.17) is 9.78 Å². The van der Waals surface area contributed by atoms with Crippen molar-refractivity contribution in [3.63, 3.8) is 0 Å². The highest BCUT2D eigenvalue weighted by Gasteiger charge is 2.30. The van der Waals surface area contributed by atoms with Crippen molar-refractivity contribution >= 4 is 33.1 Å². The number of carbonyl (C=O) groups excluding carboxylic acids is 1. The molecule has 1 saturated heterocycles. The minimum absolute atomic E-state index is 0.00743. The molecule has 10 nitrogen and oxygen atoms in total. The Morgan fingerprint density at radius 3 is 2.42 bits per heavy atom. The van der Waals surface area contributed by atoms with Crippen LogP contribution in [0.2, 0.25) is 0 Å². The number of pyridine rings is 1. The fraction of sp³-hybridized carbons (Fsp3) is 0.214. The van der Waals surface area contributed by atoms with E-state index in [0.29, 0.717) is 37.2 Å². The van der Waals surface area contributed by atoms with Crippen LogP contribution in [0.5, 0.6) is 0 Å². The number of nitrogens with zero attached hydrogens (tertiary/aromatic N) is 4. The lowest BCUT2D eigenvalue weighted by Crippen LogP contribution is -2.38. The van der Waals surface area contributed by atoms with Gasteiger partial charge < -0.3 is 14.7 Å². The third-order valence-corrected chi connectivity index (χ3v) is 8.24. The van der Waals surface area contributed by atoms with E-state index < -0.39 is 10.0 Å². The lowest BCUT2D eigenvalue weighted by Gasteiger charge is -2.33. The first-order valence-corrected chi connectivity index (χ1v) is 14.0. The fourth-order valence-corrected chi connectivity index (χ4v) is 5.91. The number of hydrogen-bond donors (Lipinski definition) is 2. The number of nitrogens with one attached hydrogen (secondary N) is 2. The van der Waals surface area contributed by atoms with E-state index in [1.807, 2.05) is 0 Å². The minimum atomic E-state index is -4.17. The molecule has 0 saturated carbocycles. The number of carbonyl (C=O) groups is 1. The minimum Gasteiger partial charge on any atom is -0.363 e. The van der Waals surface area contributed by atoms with Gasteiger partial charge in [-0.05, 0) is 67.6 Å². The summed E-state index contributed by atoms with van der Waals surface area (Å²) in [6, 6.07) is 16.4. The molecule has 1 fully saturated rings. The number of nitriles is 1. The summed E-state index contributed by atoms with van der Waals surface area (Å²) >= 11 is 0. The van der Waals surface area contributed by atoms with Crippen molar-refractivity contribution in [3.8, 4) is 6.07 Å². The monoisotopic (exact) mass is 560 g/mol. The van der Waals surface area contributed by atoms with Crippen LogP contribution in [0.1, 0.15) is 45.8 Å². The third-order valence-electron chi connectivity index (χ3n) is 6.84. The first kappa shape index (κ1) is 26.8. The maximum atomic E-state index is 13.7. The summed E-state index contributed by atoms with van der Waals surface area (Å²) in [5.41, 5.74) is 2.77. The summed E-state index contributed by atoms with van der Waals surface area (Å²) in [4.78, 5) is 19.6. The number of halogens is 1. The topological polar surface area (TPSA) is 141 Å². The zero-order valence-electron chi connectivity index (χ0n) is 21.5. The van der Waals surface area contributed by atoms with E-state index in [-0.39, 0.29) is 45.3 Å². The van der Waals surface area contributed by atoms with Crippen LogP contribution in [-0.4, -0.2) is 42.5 Å². The molecule has 0 unspecified atom stereocenters. The SMILES string of the molecule is Cc1c(S(=O)(=O)Nc2ccon2)ncc(C(=O)N2CCC(c3ccc(F)cc3)CC2)c1Nc1ccc(C#N)cc1. The lowest BCUT2D eigenvalue weighted by atomic mass is 9.89. The van der Waals surface area contributed by atoms with Crippen LogP contribution in [0.3, 0.4) is 0 Å². The van der Waals surface area contributed by atoms with Crippen molar-refractivity contribution in [1.29, 1.82) is 5.26 Å². The van der Waals surface area contributed by atoms with Gasteiger partial charge in [0, 0.05) is 36.6 Å². The van der Waals surface area contributed by atoms with E-state index in [1.54, 1.807) is 48.2 Å². The number of anilines is 3. The molecule has 1 amide bonds. The van der Waals surface area contributed by atoms with E-state index >= 15 is 0 Å². The normalized spacial score (nSPS) is 14.0. The van der Waals surface area contributed by atoms with Crippen molar-refractivity contribution in [2.45, 2.75) is 30.7 Å². The molecule has 12 heteroatoms. The molecule has 0 radical (unpaired) electrons. The van der Waals surface area contributed by atoms with E-state index in [1.165, 1.54) is 30.7 Å². The van der Waals surface area contributed by atoms with Crippen LogP contribution in [0.25, 0.3) is 0 Å². The van der Waals surface area contributed by atoms with Gasteiger partial charge in [0.2, 0.25) is 0 Å². The highest BCUT2D eigenvalue weighted by Crippen LogP contribution is 2.33. The second-order valence-electron chi connectivity index (χ2n) is 9.40. The van der Waals surface area contributed by atoms with Crippen molar-refractivity contribution in [2.24, 2.45) is 0 Å². The van der Waals surface area contributed by atoms with Gasteiger partial charge in [-0.1, -0.05) is 17.3 Å². The highest BCUT2D eigenvalue weighted by atomic mass is 32.2. The van der Waals surface area contributed by atoms with Gasteiger partial charge in [-0.15, -0.1) is 0 Å².